The maximum absolute atomic E-state index is 4.07. The third-order valence-corrected chi connectivity index (χ3v) is 2.45. The summed E-state index contributed by atoms with van der Waals surface area (Å²) < 4.78 is 1.05. The molecule has 64 valence electrons. The van der Waals surface area contributed by atoms with E-state index in [9.17, 15) is 0 Å². The van der Waals surface area contributed by atoms with Crippen LogP contribution in [0.25, 0.3) is 11.1 Å². The van der Waals surface area contributed by atoms with Crippen LogP contribution in [0.4, 0.5) is 0 Å². The van der Waals surface area contributed by atoms with Crippen molar-refractivity contribution in [3.05, 3.63) is 47.5 Å². The zero-order valence-corrected chi connectivity index (χ0v) is 8.40. The molecule has 0 spiro atoms. The van der Waals surface area contributed by atoms with Crippen molar-refractivity contribution in [2.45, 2.75) is 0 Å². The van der Waals surface area contributed by atoms with Gasteiger partial charge in [-0.1, -0.05) is 15.9 Å². The quantitative estimate of drug-likeness (QED) is 0.759. The Labute approximate surface area is 84.8 Å². The van der Waals surface area contributed by atoms with Gasteiger partial charge in [0, 0.05) is 34.8 Å². The summed E-state index contributed by atoms with van der Waals surface area (Å²) in [6.07, 6.45) is 7.14. The second kappa shape index (κ2) is 3.66. The van der Waals surface area contributed by atoms with E-state index in [0.29, 0.717) is 0 Å². The molecule has 0 fully saturated rings. The average Bonchev–Trinajstić information content (AvgIpc) is 2.20. The summed E-state index contributed by atoms with van der Waals surface area (Å²) in [5.41, 5.74) is 2.21. The highest BCUT2D eigenvalue weighted by atomic mass is 79.9. The van der Waals surface area contributed by atoms with E-state index in [1.807, 2.05) is 24.4 Å². The Morgan fingerprint density at radius 2 is 1.62 bits per heavy atom. The third-order valence-electron chi connectivity index (χ3n) is 1.76. The van der Waals surface area contributed by atoms with Crippen molar-refractivity contribution in [2.75, 3.05) is 0 Å². The SMILES string of the molecule is Brc1ccncc1-c1ccncc1. The highest BCUT2D eigenvalue weighted by Gasteiger charge is 2.00. The highest BCUT2D eigenvalue weighted by Crippen LogP contribution is 2.25. The zero-order chi connectivity index (χ0) is 9.10. The summed E-state index contributed by atoms with van der Waals surface area (Å²) >= 11 is 3.47. The molecule has 0 amide bonds. The Morgan fingerprint density at radius 1 is 0.923 bits per heavy atom. The molecule has 2 nitrogen and oxygen atoms in total. The van der Waals surface area contributed by atoms with E-state index in [-0.39, 0.29) is 0 Å². The number of aromatic nitrogens is 2. The molecule has 2 rings (SSSR count). The monoisotopic (exact) mass is 234 g/mol. The molecule has 0 aliphatic rings. The molecule has 2 aromatic heterocycles. The molecular weight excluding hydrogens is 228 g/mol. The molecule has 0 atom stereocenters. The molecule has 0 saturated heterocycles. The van der Waals surface area contributed by atoms with E-state index in [0.717, 1.165) is 15.6 Å². The lowest BCUT2D eigenvalue weighted by Crippen LogP contribution is -1.81. The number of halogens is 1. The van der Waals surface area contributed by atoms with E-state index in [2.05, 4.69) is 25.9 Å². The molecule has 2 aromatic rings. The fraction of sp³-hybridized carbons (Fsp3) is 0. The van der Waals surface area contributed by atoms with Crippen LogP contribution in [0.3, 0.4) is 0 Å². The third kappa shape index (κ3) is 1.75. The Hall–Kier alpha value is -1.22. The van der Waals surface area contributed by atoms with Crippen molar-refractivity contribution in [2.24, 2.45) is 0 Å². The Bertz CT molecular complexity index is 401. The van der Waals surface area contributed by atoms with Crippen LogP contribution in [0, 0.1) is 0 Å². The summed E-state index contributed by atoms with van der Waals surface area (Å²) in [5.74, 6) is 0. The molecular formula is C10H7BrN2. The minimum absolute atomic E-state index is 1.05. The first-order valence-corrected chi connectivity index (χ1v) is 4.67. The van der Waals surface area contributed by atoms with Crippen LogP contribution >= 0.6 is 15.9 Å². The fourth-order valence-electron chi connectivity index (χ4n) is 1.12. The molecule has 0 aromatic carbocycles. The predicted molar refractivity (Wildman–Crippen MR) is 55.2 cm³/mol. The van der Waals surface area contributed by atoms with Crippen molar-refractivity contribution in [3.8, 4) is 11.1 Å². The molecule has 0 saturated carbocycles. The van der Waals surface area contributed by atoms with Crippen molar-refractivity contribution in [1.29, 1.82) is 0 Å². The van der Waals surface area contributed by atoms with E-state index in [4.69, 9.17) is 0 Å². The largest absolute Gasteiger partial charge is 0.265 e. The first-order valence-electron chi connectivity index (χ1n) is 3.88. The second-order valence-corrected chi connectivity index (χ2v) is 3.45. The highest BCUT2D eigenvalue weighted by molar-refractivity contribution is 9.10. The Balaban J connectivity index is 2.54. The maximum Gasteiger partial charge on any atom is 0.0357 e. The lowest BCUT2D eigenvalue weighted by atomic mass is 10.1. The molecule has 3 heteroatoms. The second-order valence-electron chi connectivity index (χ2n) is 2.59. The van der Waals surface area contributed by atoms with Gasteiger partial charge >= 0.3 is 0 Å². The average molecular weight is 235 g/mol. The molecule has 0 aliphatic carbocycles. The molecule has 0 bridgehead atoms. The van der Waals surface area contributed by atoms with Crippen LogP contribution in [0.5, 0.6) is 0 Å². The normalized spacial score (nSPS) is 9.92. The van der Waals surface area contributed by atoms with Crippen molar-refractivity contribution in [1.82, 2.24) is 9.97 Å². The zero-order valence-electron chi connectivity index (χ0n) is 6.81. The minimum atomic E-state index is 1.05. The minimum Gasteiger partial charge on any atom is -0.265 e. The lowest BCUT2D eigenvalue weighted by molar-refractivity contribution is 1.29. The number of nitrogens with zero attached hydrogens (tertiary/aromatic N) is 2. The standard InChI is InChI=1S/C10H7BrN2/c11-10-3-6-13-7-9(10)8-1-4-12-5-2-8/h1-7H. The van der Waals surface area contributed by atoms with E-state index >= 15 is 0 Å². The van der Waals surface area contributed by atoms with Crippen LogP contribution in [0.2, 0.25) is 0 Å². The summed E-state index contributed by atoms with van der Waals surface area (Å²) in [5, 5.41) is 0. The van der Waals surface area contributed by atoms with E-state index in [1.54, 1.807) is 18.6 Å². The van der Waals surface area contributed by atoms with Gasteiger partial charge in [-0.05, 0) is 23.8 Å². The van der Waals surface area contributed by atoms with Crippen LogP contribution < -0.4 is 0 Å². The van der Waals surface area contributed by atoms with Crippen molar-refractivity contribution < 1.29 is 0 Å². The maximum atomic E-state index is 4.07. The summed E-state index contributed by atoms with van der Waals surface area (Å²) in [7, 11) is 0. The van der Waals surface area contributed by atoms with Gasteiger partial charge in [0.15, 0.2) is 0 Å². The topological polar surface area (TPSA) is 25.8 Å². The van der Waals surface area contributed by atoms with Gasteiger partial charge in [0.1, 0.15) is 0 Å². The van der Waals surface area contributed by atoms with Gasteiger partial charge in [0.05, 0.1) is 0 Å². The molecule has 0 N–H and O–H groups in total. The van der Waals surface area contributed by atoms with Gasteiger partial charge in [-0.3, -0.25) is 9.97 Å². The van der Waals surface area contributed by atoms with Gasteiger partial charge in [-0.25, -0.2) is 0 Å². The van der Waals surface area contributed by atoms with Gasteiger partial charge in [0.25, 0.3) is 0 Å². The van der Waals surface area contributed by atoms with Gasteiger partial charge < -0.3 is 0 Å². The number of rotatable bonds is 1. The number of hydrogen-bond donors (Lipinski definition) is 0. The van der Waals surface area contributed by atoms with E-state index in [1.165, 1.54) is 0 Å². The molecule has 13 heavy (non-hydrogen) atoms. The first kappa shape index (κ1) is 8.38. The van der Waals surface area contributed by atoms with Gasteiger partial charge in [-0.2, -0.15) is 0 Å². The fourth-order valence-corrected chi connectivity index (χ4v) is 1.57. The van der Waals surface area contributed by atoms with Crippen molar-refractivity contribution in [3.63, 3.8) is 0 Å². The first-order chi connectivity index (χ1) is 6.38. The summed E-state index contributed by atoms with van der Waals surface area (Å²) in [6, 6.07) is 5.85. The molecule has 0 aliphatic heterocycles. The summed E-state index contributed by atoms with van der Waals surface area (Å²) in [4.78, 5) is 8.04. The van der Waals surface area contributed by atoms with Crippen LogP contribution in [-0.4, -0.2) is 9.97 Å². The smallest absolute Gasteiger partial charge is 0.0357 e. The Kier molecular flexibility index (Phi) is 2.36. The van der Waals surface area contributed by atoms with Crippen LogP contribution in [0.1, 0.15) is 0 Å². The Morgan fingerprint density at radius 3 is 2.31 bits per heavy atom. The van der Waals surface area contributed by atoms with E-state index < -0.39 is 0 Å². The molecule has 0 radical (unpaired) electrons. The lowest BCUT2D eigenvalue weighted by Gasteiger charge is -2.01. The molecule has 2 heterocycles. The van der Waals surface area contributed by atoms with Crippen molar-refractivity contribution >= 4 is 15.9 Å². The number of pyridine rings is 2. The molecule has 0 unspecified atom stereocenters. The predicted octanol–water partition coefficient (Wildman–Crippen LogP) is 2.91. The number of hydrogen-bond acceptors (Lipinski definition) is 2. The summed E-state index contributed by atoms with van der Waals surface area (Å²) in [6.45, 7) is 0. The van der Waals surface area contributed by atoms with Gasteiger partial charge in [-0.15, -0.1) is 0 Å². The van der Waals surface area contributed by atoms with Crippen LogP contribution in [-0.2, 0) is 0 Å². The van der Waals surface area contributed by atoms with Gasteiger partial charge in [0.2, 0.25) is 0 Å². The van der Waals surface area contributed by atoms with Crippen LogP contribution in [0.15, 0.2) is 47.5 Å².